The van der Waals surface area contributed by atoms with Crippen molar-refractivity contribution in [2.75, 3.05) is 44.4 Å². The molecule has 1 amide bonds. The van der Waals surface area contributed by atoms with E-state index in [9.17, 15) is 10.1 Å². The Balaban J connectivity index is 1.60. The molecule has 2 aliphatic rings. The number of hydrogen-bond acceptors (Lipinski definition) is 6. The van der Waals surface area contributed by atoms with Gasteiger partial charge in [0.25, 0.3) is 5.91 Å². The molecule has 0 aromatic carbocycles. The Morgan fingerprint density at radius 2 is 2.21 bits per heavy atom. The average Bonchev–Trinajstić information content (AvgIpc) is 3.30. The van der Waals surface area contributed by atoms with Crippen molar-refractivity contribution in [3.05, 3.63) is 23.5 Å². The van der Waals surface area contributed by atoms with Gasteiger partial charge in [0, 0.05) is 38.4 Å². The zero-order valence-corrected chi connectivity index (χ0v) is 13.5. The predicted octanol–water partition coefficient (Wildman–Crippen LogP) is 1.32. The van der Waals surface area contributed by atoms with E-state index >= 15 is 0 Å². The Bertz CT molecular complexity index is 635. The van der Waals surface area contributed by atoms with E-state index in [1.807, 2.05) is 12.1 Å². The lowest BCUT2D eigenvalue weighted by Crippen LogP contribution is -2.35. The fourth-order valence-corrected chi connectivity index (χ4v) is 2.77. The van der Waals surface area contributed by atoms with Crippen LogP contribution in [-0.2, 0) is 14.3 Å². The highest BCUT2D eigenvalue weighted by atomic mass is 16.5. The minimum absolute atomic E-state index is 0.0240. The monoisotopic (exact) mass is 331 g/mol. The number of nitriles is 1. The Morgan fingerprint density at radius 3 is 2.92 bits per heavy atom. The van der Waals surface area contributed by atoms with Crippen LogP contribution in [0.15, 0.2) is 22.1 Å². The van der Waals surface area contributed by atoms with Crippen LogP contribution in [0.4, 0.5) is 5.88 Å². The third kappa shape index (κ3) is 4.16. The van der Waals surface area contributed by atoms with E-state index in [0.717, 1.165) is 38.4 Å². The summed E-state index contributed by atoms with van der Waals surface area (Å²) in [5.74, 6) is 0.805. The third-order valence-corrected chi connectivity index (χ3v) is 4.10. The number of furan rings is 1. The van der Waals surface area contributed by atoms with Gasteiger partial charge in [0.05, 0.1) is 19.3 Å². The summed E-state index contributed by atoms with van der Waals surface area (Å²) in [5.41, 5.74) is 0.0240. The number of amides is 1. The van der Waals surface area contributed by atoms with Crippen molar-refractivity contribution in [2.45, 2.75) is 18.9 Å². The van der Waals surface area contributed by atoms with Crippen molar-refractivity contribution in [3.63, 3.8) is 0 Å². The molecule has 2 aliphatic heterocycles. The van der Waals surface area contributed by atoms with Gasteiger partial charge in [-0.05, 0) is 18.9 Å². The maximum atomic E-state index is 12.1. The van der Waals surface area contributed by atoms with Crippen LogP contribution < -0.4 is 10.2 Å². The first-order chi connectivity index (χ1) is 11.8. The molecule has 7 nitrogen and oxygen atoms in total. The van der Waals surface area contributed by atoms with Crippen LogP contribution in [0.2, 0.25) is 0 Å². The molecule has 1 aromatic heterocycles. The molecule has 0 aliphatic carbocycles. The number of anilines is 1. The average molecular weight is 331 g/mol. The summed E-state index contributed by atoms with van der Waals surface area (Å²) in [7, 11) is 0. The molecule has 3 heterocycles. The van der Waals surface area contributed by atoms with Crippen LogP contribution in [-0.4, -0.2) is 51.5 Å². The molecule has 24 heavy (non-hydrogen) atoms. The first-order valence-corrected chi connectivity index (χ1v) is 8.20. The number of carbonyl (C=O) groups is 1. The van der Waals surface area contributed by atoms with E-state index in [0.29, 0.717) is 25.5 Å². The van der Waals surface area contributed by atoms with Gasteiger partial charge in [-0.25, -0.2) is 0 Å². The number of nitrogens with zero attached hydrogens (tertiary/aromatic N) is 2. The van der Waals surface area contributed by atoms with E-state index in [1.54, 1.807) is 6.07 Å². The molecule has 0 saturated carbocycles. The molecule has 1 atom stereocenters. The summed E-state index contributed by atoms with van der Waals surface area (Å²) in [5, 5.41) is 12.0. The van der Waals surface area contributed by atoms with Gasteiger partial charge < -0.3 is 24.1 Å². The summed E-state index contributed by atoms with van der Waals surface area (Å²) >= 11 is 0. The van der Waals surface area contributed by atoms with Crippen molar-refractivity contribution in [3.8, 4) is 6.07 Å². The lowest BCUT2D eigenvalue weighted by Gasteiger charge is -2.26. The van der Waals surface area contributed by atoms with E-state index in [1.165, 1.54) is 6.08 Å². The fraction of sp³-hybridized carbons (Fsp3) is 0.529. The summed E-state index contributed by atoms with van der Waals surface area (Å²) in [4.78, 5) is 14.2. The quantitative estimate of drug-likeness (QED) is 0.647. The molecule has 2 fully saturated rings. The Hall–Kier alpha value is -2.30. The van der Waals surface area contributed by atoms with Gasteiger partial charge in [-0.2, -0.15) is 5.26 Å². The summed E-state index contributed by atoms with van der Waals surface area (Å²) in [6, 6.07) is 5.53. The second-order valence-electron chi connectivity index (χ2n) is 5.79. The summed E-state index contributed by atoms with van der Waals surface area (Å²) < 4.78 is 16.5. The zero-order valence-electron chi connectivity index (χ0n) is 13.5. The number of carbonyl (C=O) groups excluding carboxylic acids is 1. The smallest absolute Gasteiger partial charge is 0.262 e. The van der Waals surface area contributed by atoms with Gasteiger partial charge in [0.2, 0.25) is 0 Å². The Morgan fingerprint density at radius 1 is 1.38 bits per heavy atom. The number of hydrogen-bond donors (Lipinski definition) is 1. The number of ether oxygens (including phenoxy) is 2. The van der Waals surface area contributed by atoms with Crippen LogP contribution in [0.3, 0.4) is 0 Å². The fourth-order valence-electron chi connectivity index (χ4n) is 2.77. The number of rotatable bonds is 5. The number of nitrogens with one attached hydrogen (secondary N) is 1. The largest absolute Gasteiger partial charge is 0.441 e. The number of morpholine rings is 1. The van der Waals surface area contributed by atoms with E-state index < -0.39 is 5.91 Å². The van der Waals surface area contributed by atoms with Crippen LogP contribution in [0, 0.1) is 11.3 Å². The van der Waals surface area contributed by atoms with Crippen molar-refractivity contribution in [1.82, 2.24) is 5.32 Å². The van der Waals surface area contributed by atoms with E-state index in [2.05, 4.69) is 10.2 Å². The maximum Gasteiger partial charge on any atom is 0.262 e. The first-order valence-electron chi connectivity index (χ1n) is 8.20. The molecule has 7 heteroatoms. The second-order valence-corrected chi connectivity index (χ2v) is 5.79. The first kappa shape index (κ1) is 16.6. The molecule has 1 N–H and O–H groups in total. The molecule has 0 radical (unpaired) electrons. The lowest BCUT2D eigenvalue weighted by atomic mass is 10.2. The molecule has 0 unspecified atom stereocenters. The van der Waals surface area contributed by atoms with Crippen LogP contribution >= 0.6 is 0 Å². The van der Waals surface area contributed by atoms with Gasteiger partial charge in [0.15, 0.2) is 5.88 Å². The third-order valence-electron chi connectivity index (χ3n) is 4.10. The van der Waals surface area contributed by atoms with E-state index in [-0.39, 0.29) is 11.7 Å². The highest BCUT2D eigenvalue weighted by Gasteiger charge is 2.18. The van der Waals surface area contributed by atoms with Gasteiger partial charge in [-0.3, -0.25) is 4.79 Å². The van der Waals surface area contributed by atoms with Crippen molar-refractivity contribution in [2.24, 2.45) is 0 Å². The minimum atomic E-state index is -0.405. The molecule has 0 spiro atoms. The SMILES string of the molecule is N#C/C(=C\c1ccc(N2CCOCC2)o1)C(=O)NC[C@@H]1CCCO1. The van der Waals surface area contributed by atoms with E-state index in [4.69, 9.17) is 13.9 Å². The highest BCUT2D eigenvalue weighted by molar-refractivity contribution is 6.01. The highest BCUT2D eigenvalue weighted by Crippen LogP contribution is 2.21. The topological polar surface area (TPSA) is 87.7 Å². The maximum absolute atomic E-state index is 12.1. The summed E-state index contributed by atoms with van der Waals surface area (Å²) in [6.45, 7) is 4.03. The van der Waals surface area contributed by atoms with Crippen molar-refractivity contribution in [1.29, 1.82) is 5.26 Å². The van der Waals surface area contributed by atoms with Crippen molar-refractivity contribution >= 4 is 17.9 Å². The molecule has 0 bridgehead atoms. The summed E-state index contributed by atoms with van der Waals surface area (Å²) in [6.07, 6.45) is 3.46. The van der Waals surface area contributed by atoms with Crippen LogP contribution in [0.25, 0.3) is 6.08 Å². The van der Waals surface area contributed by atoms with Gasteiger partial charge >= 0.3 is 0 Å². The Labute approximate surface area is 140 Å². The minimum Gasteiger partial charge on any atom is -0.441 e. The van der Waals surface area contributed by atoms with Gasteiger partial charge in [-0.15, -0.1) is 0 Å². The molecule has 2 saturated heterocycles. The molecular weight excluding hydrogens is 310 g/mol. The zero-order chi connectivity index (χ0) is 16.8. The van der Waals surface area contributed by atoms with Gasteiger partial charge in [0.1, 0.15) is 17.4 Å². The molecule has 1 aromatic rings. The normalized spacial score (nSPS) is 21.5. The van der Waals surface area contributed by atoms with Gasteiger partial charge in [-0.1, -0.05) is 0 Å². The second kappa shape index (κ2) is 7.99. The Kier molecular flexibility index (Phi) is 5.51. The predicted molar refractivity (Wildman–Crippen MR) is 87.3 cm³/mol. The standard InChI is InChI=1S/C17H21N3O4/c18-11-13(17(21)19-12-15-2-1-7-23-15)10-14-3-4-16(24-14)20-5-8-22-9-6-20/h3-4,10,15H,1-2,5-9,12H2,(H,19,21)/b13-10+/t15-/m0/s1. The lowest BCUT2D eigenvalue weighted by molar-refractivity contribution is -0.117. The molecular formula is C17H21N3O4. The molecule has 3 rings (SSSR count). The van der Waals surface area contributed by atoms with Crippen LogP contribution in [0.1, 0.15) is 18.6 Å². The van der Waals surface area contributed by atoms with Crippen molar-refractivity contribution < 1.29 is 18.7 Å². The molecule has 128 valence electrons. The van der Waals surface area contributed by atoms with Crippen LogP contribution in [0.5, 0.6) is 0 Å².